The molecular weight excluding hydrogens is 240 g/mol. The molecule has 19 heavy (non-hydrogen) atoms. The van der Waals surface area contributed by atoms with E-state index < -0.39 is 0 Å². The predicted molar refractivity (Wildman–Crippen MR) is 74.7 cm³/mol. The highest BCUT2D eigenvalue weighted by Crippen LogP contribution is 2.35. The van der Waals surface area contributed by atoms with E-state index in [1.54, 1.807) is 6.26 Å². The van der Waals surface area contributed by atoms with Gasteiger partial charge in [0, 0.05) is 0 Å². The van der Waals surface area contributed by atoms with Crippen LogP contribution in [0.2, 0.25) is 0 Å². The fraction of sp³-hybridized carbons (Fsp3) is 0.667. The fourth-order valence-electron chi connectivity index (χ4n) is 2.93. The average Bonchev–Trinajstić information content (AvgIpc) is 2.94. The molecule has 2 heterocycles. The third-order valence-corrected chi connectivity index (χ3v) is 4.09. The Labute approximate surface area is 114 Å². The van der Waals surface area contributed by atoms with E-state index in [2.05, 4.69) is 17.6 Å². The van der Waals surface area contributed by atoms with E-state index >= 15 is 0 Å². The molecular formula is C15H24N2O2. The summed E-state index contributed by atoms with van der Waals surface area (Å²) < 4.78 is 5.35. The number of carbonyl (C=O) groups is 1. The molecule has 4 heteroatoms. The molecule has 0 aromatic carbocycles. The summed E-state index contributed by atoms with van der Waals surface area (Å²) in [7, 11) is 0. The lowest BCUT2D eigenvalue weighted by molar-refractivity contribution is -0.134. The van der Waals surface area contributed by atoms with E-state index in [1.807, 2.05) is 19.1 Å². The van der Waals surface area contributed by atoms with Crippen molar-refractivity contribution in [3.05, 3.63) is 24.2 Å². The van der Waals surface area contributed by atoms with Crippen molar-refractivity contribution in [3.8, 4) is 0 Å². The maximum Gasteiger partial charge on any atom is 0.226 e. The number of hydrogen-bond donors (Lipinski definition) is 2. The highest BCUT2D eigenvalue weighted by Gasteiger charge is 2.39. The van der Waals surface area contributed by atoms with Gasteiger partial charge in [-0.1, -0.05) is 13.3 Å². The van der Waals surface area contributed by atoms with Crippen LogP contribution in [0.5, 0.6) is 0 Å². The molecule has 4 nitrogen and oxygen atoms in total. The molecule has 1 fully saturated rings. The van der Waals surface area contributed by atoms with E-state index in [9.17, 15) is 4.79 Å². The van der Waals surface area contributed by atoms with Gasteiger partial charge < -0.3 is 15.1 Å². The van der Waals surface area contributed by atoms with Gasteiger partial charge in [0.1, 0.15) is 5.76 Å². The van der Waals surface area contributed by atoms with Gasteiger partial charge >= 0.3 is 0 Å². The molecule has 0 unspecified atom stereocenters. The van der Waals surface area contributed by atoms with Crippen molar-refractivity contribution >= 4 is 5.91 Å². The third kappa shape index (κ3) is 3.18. The van der Waals surface area contributed by atoms with Gasteiger partial charge in [-0.3, -0.25) is 4.79 Å². The Kier molecular flexibility index (Phi) is 4.64. The van der Waals surface area contributed by atoms with Crippen molar-refractivity contribution in [2.45, 2.75) is 45.6 Å². The lowest BCUT2D eigenvalue weighted by atomic mass is 9.74. The van der Waals surface area contributed by atoms with Gasteiger partial charge in [-0.05, 0) is 51.4 Å². The first-order valence-corrected chi connectivity index (χ1v) is 7.23. The van der Waals surface area contributed by atoms with Crippen molar-refractivity contribution < 1.29 is 9.21 Å². The van der Waals surface area contributed by atoms with E-state index in [4.69, 9.17) is 4.42 Å². The first-order valence-electron chi connectivity index (χ1n) is 7.23. The van der Waals surface area contributed by atoms with Gasteiger partial charge in [-0.25, -0.2) is 0 Å². The summed E-state index contributed by atoms with van der Waals surface area (Å²) >= 11 is 0. The van der Waals surface area contributed by atoms with Gasteiger partial charge in [0.05, 0.1) is 17.7 Å². The summed E-state index contributed by atoms with van der Waals surface area (Å²) in [6.07, 6.45) is 5.51. The van der Waals surface area contributed by atoms with Crippen LogP contribution in [0.25, 0.3) is 0 Å². The lowest BCUT2D eigenvalue weighted by Gasteiger charge is -2.36. The standard InChI is InChI=1S/C15H24N2O2/c1-3-6-15(7-9-16-10-8-15)14(18)17-12(2)13-5-4-11-19-13/h4-5,11-12,16H,3,6-10H2,1-2H3,(H,17,18)/t12-/m0/s1. The molecule has 1 aromatic heterocycles. The summed E-state index contributed by atoms with van der Waals surface area (Å²) in [5, 5.41) is 6.45. The van der Waals surface area contributed by atoms with E-state index in [0.717, 1.165) is 44.5 Å². The molecule has 1 amide bonds. The number of rotatable bonds is 5. The SMILES string of the molecule is CCCC1(C(=O)N[C@@H](C)c2ccco2)CCNCC1. The number of carbonyl (C=O) groups excluding carboxylic acids is 1. The third-order valence-electron chi connectivity index (χ3n) is 4.09. The Morgan fingerprint density at radius 2 is 2.26 bits per heavy atom. The van der Waals surface area contributed by atoms with Crippen LogP contribution in [0.15, 0.2) is 22.8 Å². The van der Waals surface area contributed by atoms with E-state index in [1.165, 1.54) is 0 Å². The summed E-state index contributed by atoms with van der Waals surface area (Å²) in [4.78, 5) is 12.6. The Morgan fingerprint density at radius 3 is 2.84 bits per heavy atom. The normalized spacial score (nSPS) is 19.9. The summed E-state index contributed by atoms with van der Waals surface area (Å²) in [6.45, 7) is 5.98. The number of furan rings is 1. The Bertz CT molecular complexity index is 389. The second kappa shape index (κ2) is 6.24. The summed E-state index contributed by atoms with van der Waals surface area (Å²) in [6, 6.07) is 3.69. The molecule has 1 aliphatic rings. The van der Waals surface area contributed by atoms with Crippen LogP contribution in [-0.2, 0) is 4.79 Å². The first-order chi connectivity index (χ1) is 9.18. The van der Waals surface area contributed by atoms with E-state index in [-0.39, 0.29) is 17.4 Å². The smallest absolute Gasteiger partial charge is 0.226 e. The van der Waals surface area contributed by atoms with Crippen molar-refractivity contribution in [2.24, 2.45) is 5.41 Å². The fourth-order valence-corrected chi connectivity index (χ4v) is 2.93. The maximum absolute atomic E-state index is 12.6. The van der Waals surface area contributed by atoms with Crippen LogP contribution >= 0.6 is 0 Å². The monoisotopic (exact) mass is 264 g/mol. The minimum absolute atomic E-state index is 0.0638. The molecule has 1 aromatic rings. The first kappa shape index (κ1) is 14.1. The Hall–Kier alpha value is -1.29. The maximum atomic E-state index is 12.6. The van der Waals surface area contributed by atoms with Gasteiger partial charge in [-0.2, -0.15) is 0 Å². The topological polar surface area (TPSA) is 54.3 Å². The average molecular weight is 264 g/mol. The Balaban J connectivity index is 2.03. The van der Waals surface area contributed by atoms with Crippen molar-refractivity contribution in [1.82, 2.24) is 10.6 Å². The van der Waals surface area contributed by atoms with Crippen LogP contribution < -0.4 is 10.6 Å². The zero-order valence-corrected chi connectivity index (χ0v) is 11.9. The van der Waals surface area contributed by atoms with Crippen LogP contribution in [0, 0.1) is 5.41 Å². The molecule has 0 bridgehead atoms. The number of hydrogen-bond acceptors (Lipinski definition) is 3. The summed E-state index contributed by atoms with van der Waals surface area (Å²) in [5.41, 5.74) is -0.194. The molecule has 2 N–H and O–H groups in total. The van der Waals surface area contributed by atoms with Crippen molar-refractivity contribution in [2.75, 3.05) is 13.1 Å². The van der Waals surface area contributed by atoms with Crippen molar-refractivity contribution in [3.63, 3.8) is 0 Å². The zero-order valence-electron chi connectivity index (χ0n) is 11.9. The zero-order chi connectivity index (χ0) is 13.7. The van der Waals surface area contributed by atoms with Crippen LogP contribution in [-0.4, -0.2) is 19.0 Å². The highest BCUT2D eigenvalue weighted by atomic mass is 16.3. The number of piperidine rings is 1. The molecule has 106 valence electrons. The van der Waals surface area contributed by atoms with Crippen LogP contribution in [0.3, 0.4) is 0 Å². The molecule has 0 aliphatic carbocycles. The molecule has 1 atom stereocenters. The van der Waals surface area contributed by atoms with Gasteiger partial charge in [0.2, 0.25) is 5.91 Å². The molecule has 1 aliphatic heterocycles. The van der Waals surface area contributed by atoms with Crippen LogP contribution in [0.4, 0.5) is 0 Å². The second-order valence-electron chi connectivity index (χ2n) is 5.49. The van der Waals surface area contributed by atoms with Crippen LogP contribution in [0.1, 0.15) is 51.3 Å². The van der Waals surface area contributed by atoms with E-state index in [0.29, 0.717) is 0 Å². The number of amides is 1. The molecule has 0 spiro atoms. The summed E-state index contributed by atoms with van der Waals surface area (Å²) in [5.74, 6) is 0.994. The minimum atomic E-state index is -0.194. The molecule has 0 saturated carbocycles. The van der Waals surface area contributed by atoms with Gasteiger partial charge in [0.25, 0.3) is 0 Å². The molecule has 0 radical (unpaired) electrons. The highest BCUT2D eigenvalue weighted by molar-refractivity contribution is 5.83. The van der Waals surface area contributed by atoms with Gasteiger partial charge in [0.15, 0.2) is 0 Å². The minimum Gasteiger partial charge on any atom is -0.467 e. The van der Waals surface area contributed by atoms with Crippen molar-refractivity contribution in [1.29, 1.82) is 0 Å². The quantitative estimate of drug-likeness (QED) is 0.859. The van der Waals surface area contributed by atoms with Gasteiger partial charge in [-0.15, -0.1) is 0 Å². The largest absolute Gasteiger partial charge is 0.467 e. The molecule has 2 rings (SSSR count). The lowest BCUT2D eigenvalue weighted by Crippen LogP contribution is -2.48. The molecule has 1 saturated heterocycles. The predicted octanol–water partition coefficient (Wildman–Crippen LogP) is 2.63. The Morgan fingerprint density at radius 1 is 1.53 bits per heavy atom. The number of nitrogens with one attached hydrogen (secondary N) is 2. The second-order valence-corrected chi connectivity index (χ2v) is 5.49.